The van der Waals surface area contributed by atoms with Crippen molar-refractivity contribution in [1.29, 1.82) is 0 Å². The van der Waals surface area contributed by atoms with Crippen LogP contribution in [0.1, 0.15) is 164 Å². The summed E-state index contributed by atoms with van der Waals surface area (Å²) in [4.78, 5) is 0. The maximum atomic E-state index is 3.58. The van der Waals surface area contributed by atoms with Gasteiger partial charge >= 0.3 is 0 Å². The molecule has 2 saturated carbocycles. The maximum absolute atomic E-state index is 3.58. The Morgan fingerprint density at radius 1 is 0.595 bits per heavy atom. The summed E-state index contributed by atoms with van der Waals surface area (Å²) in [5.74, 6) is 0.972. The van der Waals surface area contributed by atoms with Gasteiger partial charge in [-0.1, -0.05) is 34.6 Å². The molecule has 0 aromatic carbocycles. The Kier molecular flexibility index (Phi) is 20.4. The van der Waals surface area contributed by atoms with Crippen LogP contribution >= 0.6 is 0 Å². The smallest absolute Gasteiger partial charge is 0.00990 e. The second kappa shape index (κ2) is 18.2. The summed E-state index contributed by atoms with van der Waals surface area (Å²) in [5, 5.41) is 14.0. The summed E-state index contributed by atoms with van der Waals surface area (Å²) in [6, 6.07) is 2.78. The van der Waals surface area contributed by atoms with E-state index in [0.29, 0.717) is 23.2 Å². The zero-order valence-electron chi connectivity index (χ0n) is 28.1. The first-order chi connectivity index (χ1) is 15.9. The molecule has 2 unspecified atom stereocenters. The fourth-order valence-corrected chi connectivity index (χ4v) is 4.27. The van der Waals surface area contributed by atoms with E-state index in [2.05, 4.69) is 139 Å². The molecule has 2 fully saturated rings. The van der Waals surface area contributed by atoms with Crippen molar-refractivity contribution in [3.63, 3.8) is 0 Å². The molecule has 4 heteroatoms. The van der Waals surface area contributed by atoms with E-state index in [-0.39, 0.29) is 18.5 Å². The fraction of sp³-hybridized carbons (Fsp3) is 1.00. The van der Waals surface area contributed by atoms with E-state index >= 15 is 0 Å². The first kappa shape index (κ1) is 41.3. The summed E-state index contributed by atoms with van der Waals surface area (Å²) >= 11 is 0. The topological polar surface area (TPSA) is 48.1 Å². The van der Waals surface area contributed by atoms with Crippen molar-refractivity contribution in [2.45, 2.75) is 210 Å². The lowest BCUT2D eigenvalue weighted by Gasteiger charge is -2.34. The summed E-state index contributed by atoms with van der Waals surface area (Å²) in [6.07, 6.45) is 8.27. The van der Waals surface area contributed by atoms with Crippen molar-refractivity contribution in [2.75, 3.05) is 0 Å². The predicted molar refractivity (Wildman–Crippen MR) is 173 cm³/mol. The van der Waals surface area contributed by atoms with Crippen molar-refractivity contribution in [3.8, 4) is 0 Å². The molecule has 2 atom stereocenters. The number of hydrogen-bond donors (Lipinski definition) is 4. The van der Waals surface area contributed by atoms with Crippen LogP contribution in [0, 0.1) is 5.92 Å². The standard InChI is InChI=1S/C9H19N.C8H17N.C8H19N.C7H17N.CH4/c1-7(8-5-6-8)10-9(2,3)4;1-8(2,3)9-7-5-4-6-7;1-6-7(2)9-8(3,4)5;1-6(2)8-7(3,4)5;/h7-8,10H,5-6H2,1-4H3;7,9H,4-6H2,1-3H3;7,9H,6H2,1-5H3;6,8H,1-5H3;1H4. The van der Waals surface area contributed by atoms with Crippen molar-refractivity contribution < 1.29 is 0 Å². The molecule has 4 N–H and O–H groups in total. The summed E-state index contributed by atoms with van der Waals surface area (Å²) < 4.78 is 0. The average molecular weight is 529 g/mol. The normalized spacial score (nSPS) is 18.0. The number of rotatable bonds is 6. The lowest BCUT2D eigenvalue weighted by atomic mass is 9.91. The lowest BCUT2D eigenvalue weighted by Crippen LogP contribution is -2.46. The Bertz CT molecular complexity index is 504. The molecule has 0 aromatic heterocycles. The molecule has 0 radical (unpaired) electrons. The van der Waals surface area contributed by atoms with E-state index in [4.69, 9.17) is 0 Å². The fourth-order valence-electron chi connectivity index (χ4n) is 4.27. The summed E-state index contributed by atoms with van der Waals surface area (Å²) in [6.45, 7) is 37.5. The molecular weight excluding hydrogens is 452 g/mol. The van der Waals surface area contributed by atoms with Gasteiger partial charge in [0.1, 0.15) is 0 Å². The van der Waals surface area contributed by atoms with E-state index in [1.165, 1.54) is 38.5 Å². The van der Waals surface area contributed by atoms with Crippen LogP contribution in [0.5, 0.6) is 0 Å². The van der Waals surface area contributed by atoms with Gasteiger partial charge in [0.2, 0.25) is 0 Å². The second-order valence-corrected chi connectivity index (χ2v) is 15.8. The molecule has 0 heterocycles. The van der Waals surface area contributed by atoms with Crippen LogP contribution in [0.25, 0.3) is 0 Å². The van der Waals surface area contributed by atoms with E-state index in [1.54, 1.807) is 0 Å². The molecule has 37 heavy (non-hydrogen) atoms. The molecule has 0 spiro atoms. The molecule has 228 valence electrons. The number of nitrogens with one attached hydrogen (secondary N) is 4. The van der Waals surface area contributed by atoms with E-state index in [0.717, 1.165) is 18.0 Å². The minimum absolute atomic E-state index is 0. The predicted octanol–water partition coefficient (Wildman–Crippen LogP) is 8.69. The van der Waals surface area contributed by atoms with Gasteiger partial charge in [0.25, 0.3) is 0 Å². The quantitative estimate of drug-likeness (QED) is 0.278. The third-order valence-electron chi connectivity index (χ3n) is 5.75. The molecule has 0 aromatic rings. The van der Waals surface area contributed by atoms with E-state index in [9.17, 15) is 0 Å². The minimum atomic E-state index is 0. The lowest BCUT2D eigenvalue weighted by molar-refractivity contribution is 0.266. The monoisotopic (exact) mass is 529 g/mol. The Labute approximate surface area is 237 Å². The molecule has 2 aliphatic carbocycles. The third kappa shape index (κ3) is 33.8. The molecule has 2 rings (SSSR count). The van der Waals surface area contributed by atoms with Gasteiger partial charge in [-0.25, -0.2) is 0 Å². The van der Waals surface area contributed by atoms with Crippen LogP contribution in [-0.2, 0) is 0 Å². The zero-order valence-corrected chi connectivity index (χ0v) is 28.1. The maximum Gasteiger partial charge on any atom is 0.00990 e. The summed E-state index contributed by atoms with van der Waals surface area (Å²) in [5.41, 5.74) is 1.16. The Hall–Kier alpha value is -0.160. The van der Waals surface area contributed by atoms with Gasteiger partial charge in [0.15, 0.2) is 0 Å². The van der Waals surface area contributed by atoms with Gasteiger partial charge in [-0.2, -0.15) is 0 Å². The van der Waals surface area contributed by atoms with Crippen LogP contribution in [0.4, 0.5) is 0 Å². The number of hydrogen-bond acceptors (Lipinski definition) is 4. The van der Waals surface area contributed by atoms with Crippen LogP contribution in [-0.4, -0.2) is 46.3 Å². The highest BCUT2D eigenvalue weighted by molar-refractivity contribution is 4.87. The van der Waals surface area contributed by atoms with Gasteiger partial charge in [-0.05, 0) is 135 Å². The van der Waals surface area contributed by atoms with Gasteiger partial charge in [0.05, 0.1) is 0 Å². The van der Waals surface area contributed by atoms with Crippen LogP contribution in [0.3, 0.4) is 0 Å². The van der Waals surface area contributed by atoms with Gasteiger partial charge in [0, 0.05) is 46.3 Å². The first-order valence-electron chi connectivity index (χ1n) is 15.0. The van der Waals surface area contributed by atoms with E-state index < -0.39 is 0 Å². The highest BCUT2D eigenvalue weighted by atomic mass is 15.0. The van der Waals surface area contributed by atoms with E-state index in [1.807, 2.05) is 0 Å². The molecule has 0 aliphatic heterocycles. The van der Waals surface area contributed by atoms with Gasteiger partial charge < -0.3 is 21.3 Å². The Morgan fingerprint density at radius 3 is 1.14 bits per heavy atom. The average Bonchev–Trinajstić information content (AvgIpc) is 3.39. The van der Waals surface area contributed by atoms with Crippen molar-refractivity contribution in [1.82, 2.24) is 21.3 Å². The van der Waals surface area contributed by atoms with Gasteiger partial charge in [-0.15, -0.1) is 0 Å². The van der Waals surface area contributed by atoms with Crippen LogP contribution < -0.4 is 21.3 Å². The summed E-state index contributed by atoms with van der Waals surface area (Å²) in [7, 11) is 0. The zero-order chi connectivity index (χ0) is 29.0. The largest absolute Gasteiger partial charge is 0.310 e. The highest BCUT2D eigenvalue weighted by Crippen LogP contribution is 2.33. The second-order valence-electron chi connectivity index (χ2n) is 15.8. The molecule has 0 amide bonds. The van der Waals surface area contributed by atoms with Crippen LogP contribution in [0.2, 0.25) is 0 Å². The Balaban J connectivity index is -0.000000414. The third-order valence-corrected chi connectivity index (χ3v) is 5.75. The van der Waals surface area contributed by atoms with Crippen LogP contribution in [0.15, 0.2) is 0 Å². The molecule has 0 saturated heterocycles. The molecule has 0 bridgehead atoms. The Morgan fingerprint density at radius 2 is 1.00 bits per heavy atom. The SMILES string of the molecule is C.CC(C)(C)NC1CCC1.CC(C)NC(C)(C)C.CC(NC(C)(C)C)C1CC1.CCC(C)NC(C)(C)C. The van der Waals surface area contributed by atoms with Crippen molar-refractivity contribution >= 4 is 0 Å². The van der Waals surface area contributed by atoms with Crippen molar-refractivity contribution in [2.24, 2.45) is 5.92 Å². The first-order valence-corrected chi connectivity index (χ1v) is 15.0. The highest BCUT2D eigenvalue weighted by Gasteiger charge is 2.29. The van der Waals surface area contributed by atoms with Gasteiger partial charge in [-0.3, -0.25) is 0 Å². The molecule has 4 nitrogen and oxygen atoms in total. The van der Waals surface area contributed by atoms with Crippen molar-refractivity contribution in [3.05, 3.63) is 0 Å². The molecular formula is C33H76N4. The molecule has 2 aliphatic rings. The minimum Gasteiger partial charge on any atom is -0.310 e.